The average Bonchev–Trinajstić information content (AvgIpc) is 3.08. The summed E-state index contributed by atoms with van der Waals surface area (Å²) in [7, 11) is 2.00. The molecule has 1 N–H and O–H groups in total. The summed E-state index contributed by atoms with van der Waals surface area (Å²) in [5.74, 6) is 0.125. The van der Waals surface area contributed by atoms with Crippen LogP contribution in [0.4, 0.5) is 0 Å². The molecule has 3 rings (SSSR count). The highest BCUT2D eigenvalue weighted by molar-refractivity contribution is 7.11. The fourth-order valence-electron chi connectivity index (χ4n) is 3.46. The zero-order chi connectivity index (χ0) is 19.2. The Morgan fingerprint density at radius 2 is 2.04 bits per heavy atom. The van der Waals surface area contributed by atoms with E-state index in [4.69, 9.17) is 0 Å². The lowest BCUT2D eigenvalue weighted by atomic mass is 10.0. The highest BCUT2D eigenvalue weighted by atomic mass is 32.1. The van der Waals surface area contributed by atoms with Crippen LogP contribution in [0.2, 0.25) is 0 Å². The van der Waals surface area contributed by atoms with Gasteiger partial charge in [0, 0.05) is 43.3 Å². The molecule has 1 aromatic carbocycles. The van der Waals surface area contributed by atoms with Gasteiger partial charge in [0.2, 0.25) is 5.91 Å². The molecule has 146 valence electrons. The number of hydrogen-bond acceptors (Lipinski definition) is 5. The highest BCUT2D eigenvalue weighted by Crippen LogP contribution is 2.16. The van der Waals surface area contributed by atoms with E-state index >= 15 is 0 Å². The highest BCUT2D eigenvalue weighted by Gasteiger charge is 2.24. The zero-order valence-corrected chi connectivity index (χ0v) is 17.3. The van der Waals surface area contributed by atoms with Gasteiger partial charge in [-0.15, -0.1) is 11.3 Å². The molecule has 0 radical (unpaired) electrons. The molecule has 2 heterocycles. The van der Waals surface area contributed by atoms with Crippen molar-refractivity contribution in [3.63, 3.8) is 0 Å². The van der Waals surface area contributed by atoms with Crippen molar-refractivity contribution >= 4 is 17.2 Å². The summed E-state index contributed by atoms with van der Waals surface area (Å²) in [5, 5.41) is 4.32. The zero-order valence-electron chi connectivity index (χ0n) is 16.5. The summed E-state index contributed by atoms with van der Waals surface area (Å²) >= 11 is 1.69. The van der Waals surface area contributed by atoms with Gasteiger partial charge < -0.3 is 5.32 Å². The molecule has 1 unspecified atom stereocenters. The Morgan fingerprint density at radius 3 is 2.67 bits per heavy atom. The number of amides is 1. The third kappa shape index (κ3) is 5.86. The fourth-order valence-corrected chi connectivity index (χ4v) is 4.32. The van der Waals surface area contributed by atoms with Crippen LogP contribution in [0.15, 0.2) is 36.5 Å². The fraction of sp³-hybridized carbons (Fsp3) is 0.524. The molecule has 1 aliphatic rings. The Balaban J connectivity index is 1.41. The molecule has 6 heteroatoms. The summed E-state index contributed by atoms with van der Waals surface area (Å²) in [5.41, 5.74) is 1.36. The van der Waals surface area contributed by atoms with Crippen molar-refractivity contribution in [3.05, 3.63) is 52.0 Å². The van der Waals surface area contributed by atoms with Crippen molar-refractivity contribution in [1.82, 2.24) is 20.1 Å². The molecule has 1 amide bonds. The van der Waals surface area contributed by atoms with Crippen LogP contribution in [-0.4, -0.2) is 52.9 Å². The molecule has 0 saturated carbocycles. The molecule has 0 aliphatic carbocycles. The van der Waals surface area contributed by atoms with Crippen molar-refractivity contribution in [2.24, 2.45) is 0 Å². The lowest BCUT2D eigenvalue weighted by Gasteiger charge is -2.33. The van der Waals surface area contributed by atoms with Crippen LogP contribution in [0.25, 0.3) is 0 Å². The maximum atomic E-state index is 12.6. The minimum absolute atomic E-state index is 0.125. The third-order valence-electron chi connectivity index (χ3n) is 5.30. The van der Waals surface area contributed by atoms with Crippen molar-refractivity contribution in [3.8, 4) is 0 Å². The normalized spacial score (nSPS) is 17.2. The molecule has 1 aromatic heterocycles. The second kappa shape index (κ2) is 9.44. The van der Waals surface area contributed by atoms with Crippen LogP contribution in [0, 0.1) is 6.92 Å². The standard InChI is InChI=1S/C21H30N4OS/c1-16(24(3)15-20-13-22-17(2)27-20)21(26)23-19-9-11-25(12-10-19)14-18-7-5-4-6-8-18/h4-8,13,16,19H,9-12,14-15H2,1-3H3,(H,23,26). The molecule has 1 aliphatic heterocycles. The van der Waals surface area contributed by atoms with E-state index in [0.717, 1.165) is 44.0 Å². The number of likely N-dealkylation sites (N-methyl/N-ethyl adjacent to an activating group) is 1. The Hall–Kier alpha value is -1.76. The van der Waals surface area contributed by atoms with Gasteiger partial charge in [-0.2, -0.15) is 0 Å². The molecule has 27 heavy (non-hydrogen) atoms. The van der Waals surface area contributed by atoms with Crippen LogP contribution < -0.4 is 5.32 Å². The molecular formula is C21H30N4OS. The summed E-state index contributed by atoms with van der Waals surface area (Å²) in [6.07, 6.45) is 3.94. The number of aromatic nitrogens is 1. The number of nitrogens with zero attached hydrogens (tertiary/aromatic N) is 3. The number of aryl methyl sites for hydroxylation is 1. The first-order valence-corrected chi connectivity index (χ1v) is 10.5. The van der Waals surface area contributed by atoms with Crippen molar-refractivity contribution < 1.29 is 4.79 Å². The van der Waals surface area contributed by atoms with E-state index < -0.39 is 0 Å². The van der Waals surface area contributed by atoms with E-state index in [0.29, 0.717) is 0 Å². The minimum atomic E-state index is -0.144. The first kappa shape index (κ1) is 20.0. The number of thiazole rings is 1. The number of piperidine rings is 1. The van der Waals surface area contributed by atoms with E-state index in [1.54, 1.807) is 11.3 Å². The van der Waals surface area contributed by atoms with Crippen molar-refractivity contribution in [1.29, 1.82) is 0 Å². The first-order chi connectivity index (χ1) is 13.0. The SMILES string of the molecule is Cc1ncc(CN(C)C(C)C(=O)NC2CCN(Cc3ccccc3)CC2)s1. The molecule has 1 saturated heterocycles. The largest absolute Gasteiger partial charge is 0.352 e. The van der Waals surface area contributed by atoms with Crippen LogP contribution in [0.1, 0.15) is 35.2 Å². The predicted octanol–water partition coefficient (Wildman–Crippen LogP) is 3.05. The summed E-state index contributed by atoms with van der Waals surface area (Å²) in [6, 6.07) is 10.7. The lowest BCUT2D eigenvalue weighted by molar-refractivity contribution is -0.126. The lowest BCUT2D eigenvalue weighted by Crippen LogP contribution is -2.50. The first-order valence-electron chi connectivity index (χ1n) is 9.69. The molecular weight excluding hydrogens is 356 g/mol. The van der Waals surface area contributed by atoms with E-state index in [1.165, 1.54) is 10.4 Å². The number of carbonyl (C=O) groups is 1. The predicted molar refractivity (Wildman–Crippen MR) is 111 cm³/mol. The number of nitrogens with one attached hydrogen (secondary N) is 1. The summed E-state index contributed by atoms with van der Waals surface area (Å²) < 4.78 is 0. The topological polar surface area (TPSA) is 48.5 Å². The van der Waals surface area contributed by atoms with Gasteiger partial charge in [0.15, 0.2) is 0 Å². The van der Waals surface area contributed by atoms with E-state index in [9.17, 15) is 4.79 Å². The second-order valence-corrected chi connectivity index (χ2v) is 8.80. The van der Waals surface area contributed by atoms with E-state index in [2.05, 4.69) is 50.4 Å². The number of rotatable bonds is 7. The Bertz CT molecular complexity index is 725. The summed E-state index contributed by atoms with van der Waals surface area (Å²) in [4.78, 5) is 22.7. The van der Waals surface area contributed by atoms with Crippen LogP contribution in [0.3, 0.4) is 0 Å². The van der Waals surface area contributed by atoms with Crippen molar-refractivity contribution in [2.75, 3.05) is 20.1 Å². The van der Waals surface area contributed by atoms with Crippen LogP contribution in [0.5, 0.6) is 0 Å². The number of likely N-dealkylation sites (tertiary alicyclic amines) is 1. The number of carbonyl (C=O) groups excluding carboxylic acids is 1. The quantitative estimate of drug-likeness (QED) is 0.795. The molecule has 1 atom stereocenters. The van der Waals surface area contributed by atoms with Crippen LogP contribution >= 0.6 is 11.3 Å². The van der Waals surface area contributed by atoms with Crippen molar-refractivity contribution in [2.45, 2.75) is 51.9 Å². The van der Waals surface area contributed by atoms with Gasteiger partial charge in [-0.3, -0.25) is 14.6 Å². The Morgan fingerprint density at radius 1 is 1.33 bits per heavy atom. The average molecular weight is 387 g/mol. The van der Waals surface area contributed by atoms with Gasteiger partial charge in [-0.05, 0) is 39.3 Å². The van der Waals surface area contributed by atoms with Gasteiger partial charge in [-0.25, -0.2) is 4.98 Å². The maximum Gasteiger partial charge on any atom is 0.237 e. The molecule has 0 spiro atoms. The van der Waals surface area contributed by atoms with E-state index in [1.807, 2.05) is 27.1 Å². The van der Waals surface area contributed by atoms with Gasteiger partial charge in [0.25, 0.3) is 0 Å². The molecule has 5 nitrogen and oxygen atoms in total. The second-order valence-electron chi connectivity index (χ2n) is 7.48. The monoisotopic (exact) mass is 386 g/mol. The smallest absolute Gasteiger partial charge is 0.237 e. The molecule has 2 aromatic rings. The van der Waals surface area contributed by atoms with Gasteiger partial charge in [0.05, 0.1) is 11.0 Å². The number of benzene rings is 1. The summed E-state index contributed by atoms with van der Waals surface area (Å²) in [6.45, 7) is 7.81. The number of hydrogen-bond donors (Lipinski definition) is 1. The van der Waals surface area contributed by atoms with Gasteiger partial charge in [-0.1, -0.05) is 30.3 Å². The Kier molecular flexibility index (Phi) is 6.99. The van der Waals surface area contributed by atoms with Gasteiger partial charge >= 0.3 is 0 Å². The van der Waals surface area contributed by atoms with E-state index in [-0.39, 0.29) is 18.0 Å². The van der Waals surface area contributed by atoms with Crippen LogP contribution in [-0.2, 0) is 17.9 Å². The molecule has 1 fully saturated rings. The third-order valence-corrected chi connectivity index (χ3v) is 6.20. The minimum Gasteiger partial charge on any atom is -0.352 e. The van der Waals surface area contributed by atoms with Gasteiger partial charge in [0.1, 0.15) is 0 Å². The molecule has 0 bridgehead atoms. The maximum absolute atomic E-state index is 12.6. The Labute approximate surface area is 166 Å².